The Balaban J connectivity index is 2.00. The zero-order chi connectivity index (χ0) is 17.5. The van der Waals surface area contributed by atoms with Crippen LogP contribution in [0.2, 0.25) is 0 Å². The van der Waals surface area contributed by atoms with Crippen LogP contribution in [0, 0.1) is 0 Å². The summed E-state index contributed by atoms with van der Waals surface area (Å²) in [4.78, 5) is 10.4. The summed E-state index contributed by atoms with van der Waals surface area (Å²) >= 11 is 0. The zero-order valence-electron chi connectivity index (χ0n) is 15.3. The van der Waals surface area contributed by atoms with Crippen LogP contribution in [0.1, 0.15) is 83.1 Å². The Morgan fingerprint density at radius 2 is 1.42 bits per heavy atom. The maximum atomic E-state index is 10.4. The quantitative estimate of drug-likeness (QED) is 0.400. The molecule has 3 nitrogen and oxygen atoms in total. The van der Waals surface area contributed by atoms with Gasteiger partial charge in [0.05, 0.1) is 13.0 Å². The Kier molecular flexibility index (Phi) is 11.9. The van der Waals surface area contributed by atoms with Crippen molar-refractivity contribution >= 4 is 5.97 Å². The molecule has 0 spiro atoms. The largest absolute Gasteiger partial charge is 0.493 e. The highest BCUT2D eigenvalue weighted by Gasteiger charge is 1.99. The van der Waals surface area contributed by atoms with Crippen LogP contribution in [0.5, 0.6) is 5.75 Å². The number of benzene rings is 1. The van der Waals surface area contributed by atoms with Crippen LogP contribution in [0.3, 0.4) is 0 Å². The van der Waals surface area contributed by atoms with E-state index in [2.05, 4.69) is 19.1 Å². The molecule has 0 aromatic heterocycles. The van der Waals surface area contributed by atoms with Crippen molar-refractivity contribution in [3.05, 3.63) is 29.8 Å². The molecule has 0 aliphatic carbocycles. The van der Waals surface area contributed by atoms with Gasteiger partial charge >= 0.3 is 5.97 Å². The van der Waals surface area contributed by atoms with Crippen LogP contribution in [0.25, 0.3) is 0 Å². The minimum absolute atomic E-state index is 0.0420. The van der Waals surface area contributed by atoms with Crippen molar-refractivity contribution in [3.8, 4) is 5.75 Å². The van der Waals surface area contributed by atoms with Gasteiger partial charge in [0.2, 0.25) is 0 Å². The van der Waals surface area contributed by atoms with Crippen LogP contribution in [-0.2, 0) is 11.2 Å². The molecule has 0 bridgehead atoms. The molecule has 0 aliphatic rings. The molecule has 0 saturated heterocycles. The second-order valence-corrected chi connectivity index (χ2v) is 6.57. The fraction of sp³-hybridized carbons (Fsp3) is 0.667. The van der Waals surface area contributed by atoms with E-state index in [-0.39, 0.29) is 13.0 Å². The summed E-state index contributed by atoms with van der Waals surface area (Å²) in [7, 11) is 0. The number of ether oxygens (including phenoxy) is 1. The minimum atomic E-state index is -0.826. The van der Waals surface area contributed by atoms with Gasteiger partial charge in [0, 0.05) is 0 Å². The van der Waals surface area contributed by atoms with Crippen molar-refractivity contribution < 1.29 is 14.6 Å². The molecule has 0 atom stereocenters. The predicted molar refractivity (Wildman–Crippen MR) is 99.7 cm³/mol. The Bertz CT molecular complexity index is 425. The van der Waals surface area contributed by atoms with Crippen molar-refractivity contribution in [2.24, 2.45) is 0 Å². The number of hydrogen-bond acceptors (Lipinski definition) is 2. The third kappa shape index (κ3) is 11.1. The second-order valence-electron chi connectivity index (χ2n) is 6.57. The SMILES string of the molecule is CCCCCCCCCCCCc1ccc(OCCC(=O)O)cc1. The van der Waals surface area contributed by atoms with Crippen LogP contribution in [0.4, 0.5) is 0 Å². The van der Waals surface area contributed by atoms with E-state index in [1.54, 1.807) is 0 Å². The molecule has 1 N–H and O–H groups in total. The number of carboxylic acids is 1. The molecule has 0 radical (unpaired) electrons. The van der Waals surface area contributed by atoms with E-state index in [9.17, 15) is 4.79 Å². The lowest BCUT2D eigenvalue weighted by Crippen LogP contribution is -2.04. The molecule has 1 rings (SSSR count). The highest BCUT2D eigenvalue weighted by Crippen LogP contribution is 2.16. The standard InChI is InChI=1S/C21H34O3/c1-2-3-4-5-6-7-8-9-10-11-12-19-13-15-20(16-14-19)24-18-17-21(22)23/h13-16H,2-12,17-18H2,1H3,(H,22,23). The lowest BCUT2D eigenvalue weighted by Gasteiger charge is -2.06. The summed E-state index contributed by atoms with van der Waals surface area (Å²) in [5, 5.41) is 8.58. The summed E-state index contributed by atoms with van der Waals surface area (Å²) in [6, 6.07) is 8.05. The molecule has 0 amide bonds. The van der Waals surface area contributed by atoms with Crippen molar-refractivity contribution in [2.75, 3.05) is 6.61 Å². The van der Waals surface area contributed by atoms with E-state index in [4.69, 9.17) is 9.84 Å². The van der Waals surface area contributed by atoms with Crippen molar-refractivity contribution in [3.63, 3.8) is 0 Å². The Labute approximate surface area is 147 Å². The molecule has 0 saturated carbocycles. The van der Waals surface area contributed by atoms with Crippen LogP contribution >= 0.6 is 0 Å². The number of aliphatic carboxylic acids is 1. The minimum Gasteiger partial charge on any atom is -0.493 e. The smallest absolute Gasteiger partial charge is 0.306 e. The number of aryl methyl sites for hydroxylation is 1. The van der Waals surface area contributed by atoms with E-state index in [1.807, 2.05) is 12.1 Å². The average Bonchev–Trinajstić information content (AvgIpc) is 2.57. The van der Waals surface area contributed by atoms with E-state index in [0.29, 0.717) is 0 Å². The van der Waals surface area contributed by atoms with Gasteiger partial charge in [0.1, 0.15) is 5.75 Å². The van der Waals surface area contributed by atoms with Gasteiger partial charge in [-0.25, -0.2) is 0 Å². The average molecular weight is 335 g/mol. The lowest BCUT2D eigenvalue weighted by molar-refractivity contribution is -0.137. The van der Waals surface area contributed by atoms with Gasteiger partial charge in [-0.1, -0.05) is 76.8 Å². The van der Waals surface area contributed by atoms with Crippen LogP contribution in [-0.4, -0.2) is 17.7 Å². The van der Waals surface area contributed by atoms with Gasteiger partial charge in [-0.2, -0.15) is 0 Å². The third-order valence-corrected chi connectivity index (χ3v) is 4.33. The second kappa shape index (κ2) is 13.9. The van der Waals surface area contributed by atoms with E-state index in [1.165, 1.54) is 69.8 Å². The fourth-order valence-corrected chi connectivity index (χ4v) is 2.83. The molecule has 136 valence electrons. The van der Waals surface area contributed by atoms with Crippen molar-refractivity contribution in [1.29, 1.82) is 0 Å². The topological polar surface area (TPSA) is 46.5 Å². The first-order valence-electron chi connectivity index (χ1n) is 9.66. The van der Waals surface area contributed by atoms with E-state index in [0.717, 1.165) is 12.2 Å². The Hall–Kier alpha value is -1.51. The number of carboxylic acid groups (broad SMARTS) is 1. The summed E-state index contributed by atoms with van der Waals surface area (Å²) in [6.07, 6.45) is 14.8. The van der Waals surface area contributed by atoms with Gasteiger partial charge in [0.15, 0.2) is 0 Å². The first kappa shape index (κ1) is 20.5. The monoisotopic (exact) mass is 334 g/mol. The highest BCUT2D eigenvalue weighted by molar-refractivity contribution is 5.66. The fourth-order valence-electron chi connectivity index (χ4n) is 2.83. The molecule has 3 heteroatoms. The van der Waals surface area contributed by atoms with Gasteiger partial charge in [-0.15, -0.1) is 0 Å². The lowest BCUT2D eigenvalue weighted by atomic mass is 10.0. The van der Waals surface area contributed by atoms with E-state index >= 15 is 0 Å². The first-order chi connectivity index (χ1) is 11.7. The van der Waals surface area contributed by atoms with Crippen molar-refractivity contribution in [2.45, 2.75) is 84.0 Å². The number of unbranched alkanes of at least 4 members (excludes halogenated alkanes) is 9. The summed E-state index contributed by atoms with van der Waals surface area (Å²) in [6.45, 7) is 2.49. The molecule has 0 unspecified atom stereocenters. The Morgan fingerprint density at radius 1 is 0.875 bits per heavy atom. The number of carbonyl (C=O) groups is 1. The van der Waals surface area contributed by atoms with Crippen LogP contribution in [0.15, 0.2) is 24.3 Å². The maximum Gasteiger partial charge on any atom is 0.306 e. The first-order valence-corrected chi connectivity index (χ1v) is 9.66. The maximum absolute atomic E-state index is 10.4. The molecular weight excluding hydrogens is 300 g/mol. The normalized spacial score (nSPS) is 10.7. The molecule has 0 fully saturated rings. The Morgan fingerprint density at radius 3 is 1.96 bits per heavy atom. The number of hydrogen-bond donors (Lipinski definition) is 1. The highest BCUT2D eigenvalue weighted by atomic mass is 16.5. The molecule has 1 aromatic carbocycles. The van der Waals surface area contributed by atoms with Crippen LogP contribution < -0.4 is 4.74 Å². The molecule has 24 heavy (non-hydrogen) atoms. The summed E-state index contributed by atoms with van der Waals surface area (Å²) < 4.78 is 5.40. The predicted octanol–water partition coefficient (Wildman–Crippen LogP) is 6.00. The zero-order valence-corrected chi connectivity index (χ0v) is 15.3. The molecular formula is C21H34O3. The van der Waals surface area contributed by atoms with Gasteiger partial charge < -0.3 is 9.84 Å². The van der Waals surface area contributed by atoms with Crippen molar-refractivity contribution in [1.82, 2.24) is 0 Å². The summed E-state index contributed by atoms with van der Waals surface area (Å²) in [5.41, 5.74) is 1.33. The van der Waals surface area contributed by atoms with Gasteiger partial charge in [-0.05, 0) is 30.5 Å². The molecule has 0 aliphatic heterocycles. The third-order valence-electron chi connectivity index (χ3n) is 4.33. The molecule has 0 heterocycles. The van der Waals surface area contributed by atoms with Gasteiger partial charge in [-0.3, -0.25) is 4.79 Å². The van der Waals surface area contributed by atoms with E-state index < -0.39 is 5.97 Å². The van der Waals surface area contributed by atoms with Gasteiger partial charge in [0.25, 0.3) is 0 Å². The molecule has 1 aromatic rings. The number of rotatable bonds is 15. The summed E-state index contributed by atoms with van der Waals surface area (Å²) in [5.74, 6) is -0.0735.